The van der Waals surface area contributed by atoms with Crippen LogP contribution in [0.4, 0.5) is 0 Å². The second-order valence-corrected chi connectivity index (χ2v) is 4.25. The van der Waals surface area contributed by atoms with Gasteiger partial charge in [-0.3, -0.25) is 0 Å². The third-order valence-corrected chi connectivity index (χ3v) is 2.86. The minimum Gasteiger partial charge on any atom is -0.493 e. The molecule has 1 aromatic rings. The lowest BCUT2D eigenvalue weighted by Crippen LogP contribution is -2.03. The van der Waals surface area contributed by atoms with Crippen LogP contribution in [0.1, 0.15) is 5.56 Å². The van der Waals surface area contributed by atoms with E-state index in [1.165, 1.54) is 0 Å². The summed E-state index contributed by atoms with van der Waals surface area (Å²) in [6.45, 7) is 0.824. The van der Waals surface area contributed by atoms with Gasteiger partial charge in [0.2, 0.25) is 0 Å². The van der Waals surface area contributed by atoms with E-state index in [4.69, 9.17) is 23.7 Å². The highest BCUT2D eigenvalue weighted by Crippen LogP contribution is 2.33. The zero-order valence-corrected chi connectivity index (χ0v) is 12.3. The SMILES string of the molecule is COCOCc1cc(OCOC)c(OC)cc1Br. The zero-order valence-electron chi connectivity index (χ0n) is 10.7. The molecule has 1 rings (SSSR count). The minimum absolute atomic E-state index is 0.163. The average Bonchev–Trinajstić information content (AvgIpc) is 2.38. The second-order valence-electron chi connectivity index (χ2n) is 3.40. The number of halogens is 1. The van der Waals surface area contributed by atoms with Crippen LogP contribution >= 0.6 is 15.9 Å². The van der Waals surface area contributed by atoms with Gasteiger partial charge in [0.05, 0.1) is 13.7 Å². The van der Waals surface area contributed by atoms with Crippen molar-refractivity contribution in [3.05, 3.63) is 22.2 Å². The van der Waals surface area contributed by atoms with Gasteiger partial charge in [-0.15, -0.1) is 0 Å². The van der Waals surface area contributed by atoms with E-state index in [9.17, 15) is 0 Å². The van der Waals surface area contributed by atoms with Gasteiger partial charge in [-0.05, 0) is 17.7 Å². The van der Waals surface area contributed by atoms with Gasteiger partial charge in [0.25, 0.3) is 0 Å². The Morgan fingerprint density at radius 1 is 1.00 bits per heavy atom. The van der Waals surface area contributed by atoms with Gasteiger partial charge in [0.15, 0.2) is 18.3 Å². The van der Waals surface area contributed by atoms with Gasteiger partial charge in [0, 0.05) is 18.7 Å². The highest BCUT2D eigenvalue weighted by Gasteiger charge is 2.10. The van der Waals surface area contributed by atoms with Crippen LogP contribution in [0.15, 0.2) is 16.6 Å². The molecule has 0 unspecified atom stereocenters. The maximum Gasteiger partial charge on any atom is 0.188 e. The molecule has 0 aliphatic rings. The highest BCUT2D eigenvalue weighted by atomic mass is 79.9. The molecule has 1 aromatic carbocycles. The van der Waals surface area contributed by atoms with Crippen molar-refractivity contribution in [3.8, 4) is 11.5 Å². The maximum absolute atomic E-state index is 5.42. The molecule has 0 heterocycles. The average molecular weight is 321 g/mol. The molecule has 0 amide bonds. The Kier molecular flexibility index (Phi) is 7.04. The largest absolute Gasteiger partial charge is 0.493 e. The Morgan fingerprint density at radius 2 is 1.72 bits per heavy atom. The second kappa shape index (κ2) is 8.31. The molecule has 18 heavy (non-hydrogen) atoms. The Labute approximate surface area is 115 Å². The van der Waals surface area contributed by atoms with Crippen molar-refractivity contribution in [1.29, 1.82) is 0 Å². The van der Waals surface area contributed by atoms with E-state index < -0.39 is 0 Å². The zero-order chi connectivity index (χ0) is 13.4. The molecule has 0 aliphatic carbocycles. The van der Waals surface area contributed by atoms with Gasteiger partial charge in [-0.25, -0.2) is 0 Å². The first-order chi connectivity index (χ1) is 8.72. The molecule has 0 fully saturated rings. The molecule has 0 aliphatic heterocycles. The smallest absolute Gasteiger partial charge is 0.188 e. The third kappa shape index (κ3) is 4.45. The molecule has 0 radical (unpaired) electrons. The van der Waals surface area contributed by atoms with E-state index in [2.05, 4.69) is 15.9 Å². The maximum atomic E-state index is 5.42. The Morgan fingerprint density at radius 3 is 2.33 bits per heavy atom. The monoisotopic (exact) mass is 320 g/mol. The lowest BCUT2D eigenvalue weighted by Gasteiger charge is -2.13. The number of methoxy groups -OCH3 is 3. The molecular formula is C12H17BrO5. The quantitative estimate of drug-likeness (QED) is 0.544. The van der Waals surface area contributed by atoms with Crippen LogP contribution in [-0.2, 0) is 20.8 Å². The van der Waals surface area contributed by atoms with E-state index >= 15 is 0 Å². The molecular weight excluding hydrogens is 304 g/mol. The summed E-state index contributed by atoms with van der Waals surface area (Å²) < 4.78 is 26.5. The predicted octanol–water partition coefficient (Wildman–Crippen LogP) is 2.56. The molecule has 0 atom stereocenters. The van der Waals surface area contributed by atoms with Gasteiger partial charge < -0.3 is 23.7 Å². The van der Waals surface area contributed by atoms with Crippen molar-refractivity contribution in [2.45, 2.75) is 6.61 Å². The summed E-state index contributed by atoms with van der Waals surface area (Å²) in [6.07, 6.45) is 0. The standard InChI is InChI=1S/C12H17BrO5/c1-14-7-17-6-9-4-12(18-8-15-2)11(16-3)5-10(9)13/h4-5H,6-8H2,1-3H3. The predicted molar refractivity (Wildman–Crippen MR) is 69.9 cm³/mol. The van der Waals surface area contributed by atoms with Crippen LogP contribution in [-0.4, -0.2) is 34.9 Å². The van der Waals surface area contributed by atoms with Crippen LogP contribution in [0.25, 0.3) is 0 Å². The number of ether oxygens (including phenoxy) is 5. The Balaban J connectivity index is 2.83. The van der Waals surface area contributed by atoms with Crippen LogP contribution in [0.2, 0.25) is 0 Å². The molecule has 0 bridgehead atoms. The Hall–Kier alpha value is -0.820. The van der Waals surface area contributed by atoms with Crippen molar-refractivity contribution < 1.29 is 23.7 Å². The van der Waals surface area contributed by atoms with E-state index in [0.717, 1.165) is 10.0 Å². The fourth-order valence-electron chi connectivity index (χ4n) is 1.32. The van der Waals surface area contributed by atoms with Crippen LogP contribution < -0.4 is 9.47 Å². The van der Waals surface area contributed by atoms with Gasteiger partial charge in [-0.1, -0.05) is 15.9 Å². The summed E-state index contributed by atoms with van der Waals surface area (Å²) in [6, 6.07) is 3.67. The number of hydrogen-bond acceptors (Lipinski definition) is 5. The summed E-state index contributed by atoms with van der Waals surface area (Å²) in [7, 11) is 4.73. The summed E-state index contributed by atoms with van der Waals surface area (Å²) in [4.78, 5) is 0. The first-order valence-corrected chi connectivity index (χ1v) is 6.07. The topological polar surface area (TPSA) is 46.2 Å². The van der Waals surface area contributed by atoms with Gasteiger partial charge in [-0.2, -0.15) is 0 Å². The lowest BCUT2D eigenvalue weighted by molar-refractivity contribution is -0.0393. The van der Waals surface area contributed by atoms with Crippen molar-refractivity contribution >= 4 is 15.9 Å². The molecule has 6 heteroatoms. The van der Waals surface area contributed by atoms with E-state index in [-0.39, 0.29) is 13.6 Å². The number of hydrogen-bond donors (Lipinski definition) is 0. The first kappa shape index (κ1) is 15.2. The summed E-state index contributed by atoms with van der Waals surface area (Å²) in [5.74, 6) is 1.24. The molecule has 0 spiro atoms. The molecule has 5 nitrogen and oxygen atoms in total. The van der Waals surface area contributed by atoms with Crippen molar-refractivity contribution in [3.63, 3.8) is 0 Å². The normalized spacial score (nSPS) is 10.4. The van der Waals surface area contributed by atoms with Gasteiger partial charge in [0.1, 0.15) is 6.79 Å². The lowest BCUT2D eigenvalue weighted by atomic mass is 10.2. The van der Waals surface area contributed by atoms with E-state index in [1.54, 1.807) is 21.3 Å². The van der Waals surface area contributed by atoms with Crippen LogP contribution in [0.3, 0.4) is 0 Å². The van der Waals surface area contributed by atoms with Crippen molar-refractivity contribution in [2.24, 2.45) is 0 Å². The first-order valence-electron chi connectivity index (χ1n) is 5.27. The fourth-order valence-corrected chi connectivity index (χ4v) is 1.75. The van der Waals surface area contributed by atoms with Crippen molar-refractivity contribution in [1.82, 2.24) is 0 Å². The summed E-state index contributed by atoms with van der Waals surface area (Å²) in [5, 5.41) is 0. The minimum atomic E-state index is 0.163. The molecule has 0 aromatic heterocycles. The van der Waals surface area contributed by atoms with Crippen LogP contribution in [0.5, 0.6) is 11.5 Å². The molecule has 0 saturated carbocycles. The molecule has 0 N–H and O–H groups in total. The number of rotatable bonds is 8. The summed E-state index contributed by atoms with van der Waals surface area (Å²) >= 11 is 3.45. The van der Waals surface area contributed by atoms with Gasteiger partial charge >= 0.3 is 0 Å². The fraction of sp³-hybridized carbons (Fsp3) is 0.500. The molecule has 0 saturated heterocycles. The van der Waals surface area contributed by atoms with Crippen LogP contribution in [0, 0.1) is 0 Å². The summed E-state index contributed by atoms with van der Waals surface area (Å²) in [5.41, 5.74) is 0.943. The van der Waals surface area contributed by atoms with E-state index in [1.807, 2.05) is 12.1 Å². The molecule has 102 valence electrons. The number of benzene rings is 1. The van der Waals surface area contributed by atoms with E-state index in [0.29, 0.717) is 18.1 Å². The highest BCUT2D eigenvalue weighted by molar-refractivity contribution is 9.10. The van der Waals surface area contributed by atoms with Crippen molar-refractivity contribution in [2.75, 3.05) is 34.9 Å². The Bertz CT molecular complexity index is 370. The third-order valence-electron chi connectivity index (χ3n) is 2.12.